The summed E-state index contributed by atoms with van der Waals surface area (Å²) in [6.45, 7) is 4.42. The maximum atomic E-state index is 11.7. The van der Waals surface area contributed by atoms with Crippen molar-refractivity contribution in [2.24, 2.45) is 0 Å². The second-order valence-electron chi connectivity index (χ2n) is 13.5. The monoisotopic (exact) mass is 608 g/mol. The maximum absolute atomic E-state index is 11.7. The molecule has 7 nitrogen and oxygen atoms in total. The summed E-state index contributed by atoms with van der Waals surface area (Å²) < 4.78 is 23.5. The Morgan fingerprint density at radius 2 is 1.40 bits per heavy atom. The lowest BCUT2D eigenvalue weighted by molar-refractivity contribution is -0.140. The summed E-state index contributed by atoms with van der Waals surface area (Å²) in [4.78, 5) is 11.7. The van der Waals surface area contributed by atoms with E-state index in [1.54, 1.807) is 0 Å². The molecule has 0 radical (unpaired) electrons. The number of aliphatic hydroxyl groups is 2. The number of ether oxygens (including phenoxy) is 4. The fourth-order valence-corrected chi connectivity index (χ4v) is 6.95. The van der Waals surface area contributed by atoms with E-state index in [0.29, 0.717) is 25.2 Å². The van der Waals surface area contributed by atoms with E-state index < -0.39 is 6.10 Å². The van der Waals surface area contributed by atoms with Gasteiger partial charge < -0.3 is 29.2 Å². The predicted octanol–water partition coefficient (Wildman–Crippen LogP) is 8.08. The van der Waals surface area contributed by atoms with E-state index in [-0.39, 0.29) is 42.6 Å². The van der Waals surface area contributed by atoms with Gasteiger partial charge in [-0.2, -0.15) is 0 Å². The van der Waals surface area contributed by atoms with Crippen LogP contribution in [0.1, 0.15) is 162 Å². The van der Waals surface area contributed by atoms with Crippen LogP contribution in [-0.4, -0.2) is 65.7 Å². The average Bonchev–Trinajstić information content (AvgIpc) is 3.52. The highest BCUT2D eigenvalue weighted by atomic mass is 16.7. The third-order valence-electron chi connectivity index (χ3n) is 9.65. The number of rotatable bonds is 23. The molecule has 0 amide bonds. The summed E-state index contributed by atoms with van der Waals surface area (Å²) in [5.74, 6) is -0.290. The summed E-state index contributed by atoms with van der Waals surface area (Å²) in [5.41, 5.74) is 0.605. The number of carbonyl (C=O) groups is 1. The molecule has 0 saturated carbocycles. The maximum Gasteiger partial charge on any atom is 0.334 e. The van der Waals surface area contributed by atoms with Gasteiger partial charge in [0.2, 0.25) is 0 Å². The fraction of sp³-hybridized carbons (Fsp3) is 0.917. The highest BCUT2D eigenvalue weighted by molar-refractivity contribution is 5.90. The Morgan fingerprint density at radius 1 is 0.767 bits per heavy atom. The van der Waals surface area contributed by atoms with Gasteiger partial charge in [0.1, 0.15) is 12.9 Å². The lowest BCUT2D eigenvalue weighted by atomic mass is 9.98. The Labute approximate surface area is 262 Å². The van der Waals surface area contributed by atoms with Crippen molar-refractivity contribution in [2.45, 2.75) is 204 Å². The van der Waals surface area contributed by atoms with E-state index in [1.165, 1.54) is 70.6 Å². The molecule has 7 heteroatoms. The molecule has 4 unspecified atom stereocenters. The van der Waals surface area contributed by atoms with Crippen LogP contribution in [0.2, 0.25) is 0 Å². The van der Waals surface area contributed by atoms with E-state index in [1.807, 2.05) is 13.0 Å². The molecule has 3 rings (SSSR count). The average molecular weight is 609 g/mol. The summed E-state index contributed by atoms with van der Waals surface area (Å²) in [6, 6.07) is 0. The van der Waals surface area contributed by atoms with Gasteiger partial charge in [0.05, 0.1) is 36.6 Å². The van der Waals surface area contributed by atoms with Gasteiger partial charge in [-0.25, -0.2) is 4.79 Å². The van der Waals surface area contributed by atoms with Crippen molar-refractivity contribution in [3.05, 3.63) is 11.6 Å². The Bertz CT molecular complexity index is 771. The van der Waals surface area contributed by atoms with Crippen molar-refractivity contribution in [1.82, 2.24) is 0 Å². The molecule has 3 aliphatic heterocycles. The van der Waals surface area contributed by atoms with Crippen molar-refractivity contribution in [2.75, 3.05) is 6.79 Å². The third-order valence-corrected chi connectivity index (χ3v) is 9.65. The normalized spacial score (nSPS) is 27.6. The van der Waals surface area contributed by atoms with Crippen molar-refractivity contribution in [3.8, 4) is 0 Å². The van der Waals surface area contributed by atoms with E-state index in [0.717, 1.165) is 64.2 Å². The van der Waals surface area contributed by atoms with Gasteiger partial charge in [0.25, 0.3) is 0 Å². The van der Waals surface area contributed by atoms with E-state index >= 15 is 0 Å². The first-order valence-corrected chi connectivity index (χ1v) is 18.1. The van der Waals surface area contributed by atoms with E-state index in [4.69, 9.17) is 18.9 Å². The van der Waals surface area contributed by atoms with Crippen LogP contribution in [0.4, 0.5) is 0 Å². The third kappa shape index (κ3) is 14.8. The molecule has 0 aromatic heterocycles. The van der Waals surface area contributed by atoms with Crippen molar-refractivity contribution in [1.29, 1.82) is 0 Å². The van der Waals surface area contributed by atoms with Crippen molar-refractivity contribution >= 4 is 5.97 Å². The van der Waals surface area contributed by atoms with Gasteiger partial charge in [-0.3, -0.25) is 0 Å². The van der Waals surface area contributed by atoms with Crippen LogP contribution in [0.3, 0.4) is 0 Å². The van der Waals surface area contributed by atoms with Gasteiger partial charge >= 0.3 is 5.97 Å². The Hall–Kier alpha value is -0.990. The van der Waals surface area contributed by atoms with Gasteiger partial charge in [-0.05, 0) is 57.9 Å². The molecule has 3 aliphatic rings. The lowest BCUT2D eigenvalue weighted by Gasteiger charge is -2.24. The smallest absolute Gasteiger partial charge is 0.334 e. The minimum Gasteiger partial charge on any atom is -0.455 e. The summed E-state index contributed by atoms with van der Waals surface area (Å²) in [5, 5.41) is 21.1. The van der Waals surface area contributed by atoms with Crippen LogP contribution in [0, 0.1) is 0 Å². The summed E-state index contributed by atoms with van der Waals surface area (Å²) >= 11 is 0. The Balaban J connectivity index is 1.17. The predicted molar refractivity (Wildman–Crippen MR) is 171 cm³/mol. The molecule has 250 valence electrons. The SMILES string of the molecule is CCCCCCCCCCCCCC[C@@H](O)C1CCC(C2CCC(CCCCC[C@@H](O)CC3=C[C@H](C)OC3=O)OCO2)O1. The zero-order chi connectivity index (χ0) is 30.7. The van der Waals surface area contributed by atoms with Crippen molar-refractivity contribution < 1.29 is 34.0 Å². The molecule has 43 heavy (non-hydrogen) atoms. The fourth-order valence-electron chi connectivity index (χ4n) is 6.95. The standard InChI is InChI=1S/C36H64O7/c1-3-4-5-6-7-8-9-10-11-12-13-17-20-32(38)33-23-24-35(43-33)34-22-21-31(40-27-41-34)19-16-14-15-18-30(37)26-29-25-28(2)42-36(29)39/h25,28,30-35,37-38H,3-24,26-27H2,1-2H3/t28-,30+,31?,32+,33?,34?,35?/m0/s1. The van der Waals surface area contributed by atoms with Gasteiger partial charge in [0.15, 0.2) is 0 Å². The minimum absolute atomic E-state index is 0.0447. The number of aliphatic hydroxyl groups excluding tert-OH is 2. The van der Waals surface area contributed by atoms with Gasteiger partial charge in [-0.1, -0.05) is 103 Å². The molecule has 7 atom stereocenters. The zero-order valence-corrected chi connectivity index (χ0v) is 27.5. The Morgan fingerprint density at radius 3 is 2.07 bits per heavy atom. The second-order valence-corrected chi connectivity index (χ2v) is 13.5. The second kappa shape index (κ2) is 21.7. The van der Waals surface area contributed by atoms with Gasteiger partial charge in [0, 0.05) is 12.0 Å². The van der Waals surface area contributed by atoms with Gasteiger partial charge in [-0.15, -0.1) is 0 Å². The summed E-state index contributed by atoms with van der Waals surface area (Å²) in [6.07, 6.45) is 26.7. The highest BCUT2D eigenvalue weighted by Crippen LogP contribution is 2.31. The van der Waals surface area contributed by atoms with Crippen LogP contribution in [0.15, 0.2) is 11.6 Å². The molecule has 0 aromatic carbocycles. The minimum atomic E-state index is -0.495. The number of cyclic esters (lactones) is 1. The first-order valence-electron chi connectivity index (χ1n) is 18.1. The summed E-state index contributed by atoms with van der Waals surface area (Å²) in [7, 11) is 0. The molecule has 2 fully saturated rings. The highest BCUT2D eigenvalue weighted by Gasteiger charge is 2.36. The van der Waals surface area contributed by atoms with Crippen LogP contribution in [0.25, 0.3) is 0 Å². The number of hydrogen-bond acceptors (Lipinski definition) is 7. The molecular weight excluding hydrogens is 544 g/mol. The lowest BCUT2D eigenvalue weighted by Crippen LogP contribution is -2.32. The largest absolute Gasteiger partial charge is 0.455 e. The van der Waals surface area contributed by atoms with E-state index in [9.17, 15) is 15.0 Å². The molecular formula is C36H64O7. The molecule has 0 aromatic rings. The molecule has 0 bridgehead atoms. The zero-order valence-electron chi connectivity index (χ0n) is 27.5. The molecule has 3 heterocycles. The number of esters is 1. The quantitative estimate of drug-likeness (QED) is 0.0894. The first kappa shape index (κ1) is 36.5. The molecule has 2 N–H and O–H groups in total. The topological polar surface area (TPSA) is 94.5 Å². The molecule has 0 spiro atoms. The number of carbonyl (C=O) groups excluding carboxylic acids is 1. The van der Waals surface area contributed by atoms with Crippen LogP contribution < -0.4 is 0 Å². The van der Waals surface area contributed by atoms with Crippen LogP contribution in [-0.2, 0) is 23.7 Å². The molecule has 0 aliphatic carbocycles. The van der Waals surface area contributed by atoms with E-state index in [2.05, 4.69) is 6.92 Å². The van der Waals surface area contributed by atoms with Crippen LogP contribution >= 0.6 is 0 Å². The number of unbranched alkanes of at least 4 members (excludes halogenated alkanes) is 13. The van der Waals surface area contributed by atoms with Crippen molar-refractivity contribution in [3.63, 3.8) is 0 Å². The Kier molecular flexibility index (Phi) is 18.4. The molecule has 2 saturated heterocycles. The first-order chi connectivity index (χ1) is 21.0. The van der Waals surface area contributed by atoms with Crippen LogP contribution in [0.5, 0.6) is 0 Å². The number of hydrogen-bond donors (Lipinski definition) is 2.